The summed E-state index contributed by atoms with van der Waals surface area (Å²) in [4.78, 5) is 22.6. The molecule has 1 amide bonds. The molecule has 0 bridgehead atoms. The van der Waals surface area contributed by atoms with Gasteiger partial charge in [-0.3, -0.25) is 9.59 Å². The summed E-state index contributed by atoms with van der Waals surface area (Å²) < 4.78 is 5.47. The fourth-order valence-electron chi connectivity index (χ4n) is 2.25. The third-order valence-electron chi connectivity index (χ3n) is 3.23. The zero-order valence-electron chi connectivity index (χ0n) is 10.8. The van der Waals surface area contributed by atoms with Crippen molar-refractivity contribution in [3.8, 4) is 5.75 Å². The van der Waals surface area contributed by atoms with Gasteiger partial charge in [-0.25, -0.2) is 0 Å². The molecule has 5 heteroatoms. The number of rotatable bonds is 5. The molecule has 0 unspecified atom stereocenters. The minimum Gasteiger partial charge on any atom is -0.494 e. The van der Waals surface area contributed by atoms with E-state index < -0.39 is 17.8 Å². The van der Waals surface area contributed by atoms with E-state index in [0.717, 1.165) is 17.7 Å². The largest absolute Gasteiger partial charge is 0.494 e. The van der Waals surface area contributed by atoms with Crippen molar-refractivity contribution in [2.75, 3.05) is 13.2 Å². The first-order chi connectivity index (χ1) is 9.13. The molecule has 0 saturated carbocycles. The SMILES string of the molecule is CCCOc1ccc([C@H]2CNC(=O)[C@@H]2C(=O)O)cc1. The van der Waals surface area contributed by atoms with Crippen molar-refractivity contribution < 1.29 is 19.4 Å². The Balaban J connectivity index is 2.13. The second-order valence-electron chi connectivity index (χ2n) is 4.59. The first kappa shape index (κ1) is 13.4. The highest BCUT2D eigenvalue weighted by atomic mass is 16.5. The Morgan fingerprint density at radius 2 is 2.11 bits per heavy atom. The number of benzene rings is 1. The summed E-state index contributed by atoms with van der Waals surface area (Å²) >= 11 is 0. The maximum atomic E-state index is 11.5. The fraction of sp³-hybridized carbons (Fsp3) is 0.429. The molecular formula is C14H17NO4. The first-order valence-electron chi connectivity index (χ1n) is 6.36. The van der Waals surface area contributed by atoms with E-state index in [0.29, 0.717) is 13.2 Å². The highest BCUT2D eigenvalue weighted by Crippen LogP contribution is 2.30. The standard InChI is InChI=1S/C14H17NO4/c1-2-7-19-10-5-3-9(4-6-10)11-8-15-13(16)12(11)14(17)18/h3-6,11-12H,2,7-8H2,1H3,(H,15,16)(H,17,18)/t11-,12-/m1/s1. The van der Waals surface area contributed by atoms with Gasteiger partial charge in [0.25, 0.3) is 0 Å². The van der Waals surface area contributed by atoms with Crippen LogP contribution in [-0.4, -0.2) is 30.1 Å². The topological polar surface area (TPSA) is 75.6 Å². The molecule has 0 spiro atoms. The minimum absolute atomic E-state index is 0.315. The molecule has 1 fully saturated rings. The second-order valence-corrected chi connectivity index (χ2v) is 4.59. The molecule has 1 aromatic rings. The minimum atomic E-state index is -1.08. The molecule has 1 saturated heterocycles. The van der Waals surface area contributed by atoms with Crippen molar-refractivity contribution >= 4 is 11.9 Å². The zero-order chi connectivity index (χ0) is 13.8. The number of carbonyl (C=O) groups is 2. The van der Waals surface area contributed by atoms with Crippen LogP contribution in [0, 0.1) is 5.92 Å². The predicted octanol–water partition coefficient (Wildman–Crippen LogP) is 1.39. The van der Waals surface area contributed by atoms with Gasteiger partial charge >= 0.3 is 5.97 Å². The molecule has 1 aliphatic heterocycles. The van der Waals surface area contributed by atoms with Crippen LogP contribution in [0.1, 0.15) is 24.8 Å². The number of carboxylic acids is 1. The molecule has 0 aliphatic carbocycles. The number of hydrogen-bond acceptors (Lipinski definition) is 3. The van der Waals surface area contributed by atoms with E-state index in [-0.39, 0.29) is 5.92 Å². The summed E-state index contributed by atoms with van der Waals surface area (Å²) in [7, 11) is 0. The first-order valence-corrected chi connectivity index (χ1v) is 6.36. The van der Waals surface area contributed by atoms with Crippen LogP contribution in [0.5, 0.6) is 5.75 Å². The van der Waals surface area contributed by atoms with Crippen LogP contribution >= 0.6 is 0 Å². The summed E-state index contributed by atoms with van der Waals surface area (Å²) in [5.41, 5.74) is 0.842. The number of hydrogen-bond donors (Lipinski definition) is 2. The normalized spacial score (nSPS) is 22.1. The quantitative estimate of drug-likeness (QED) is 0.787. The molecule has 0 radical (unpaired) electrons. The number of ether oxygens (including phenoxy) is 1. The van der Waals surface area contributed by atoms with E-state index in [2.05, 4.69) is 5.32 Å². The van der Waals surface area contributed by atoms with Crippen molar-refractivity contribution in [3.05, 3.63) is 29.8 Å². The molecule has 1 heterocycles. The second kappa shape index (κ2) is 5.73. The van der Waals surface area contributed by atoms with Crippen LogP contribution in [0.4, 0.5) is 0 Å². The van der Waals surface area contributed by atoms with Crippen LogP contribution in [0.3, 0.4) is 0 Å². The highest BCUT2D eigenvalue weighted by molar-refractivity contribution is 5.99. The van der Waals surface area contributed by atoms with Crippen LogP contribution in [-0.2, 0) is 9.59 Å². The van der Waals surface area contributed by atoms with Gasteiger partial charge in [0, 0.05) is 12.5 Å². The number of aliphatic carboxylic acids is 1. The molecule has 5 nitrogen and oxygen atoms in total. The lowest BCUT2D eigenvalue weighted by atomic mass is 9.88. The maximum Gasteiger partial charge on any atom is 0.316 e. The third kappa shape index (κ3) is 2.86. The lowest BCUT2D eigenvalue weighted by Crippen LogP contribution is -2.26. The summed E-state index contributed by atoms with van der Waals surface area (Å²) in [6, 6.07) is 7.27. The summed E-state index contributed by atoms with van der Waals surface area (Å²) in [5, 5.41) is 11.7. The van der Waals surface area contributed by atoms with Crippen LogP contribution in [0.25, 0.3) is 0 Å². The smallest absolute Gasteiger partial charge is 0.316 e. The van der Waals surface area contributed by atoms with E-state index in [1.807, 2.05) is 31.2 Å². The Bertz CT molecular complexity index is 469. The predicted molar refractivity (Wildman–Crippen MR) is 69.1 cm³/mol. The summed E-state index contributed by atoms with van der Waals surface area (Å²) in [6.45, 7) is 3.05. The van der Waals surface area contributed by atoms with Gasteiger partial charge in [-0.15, -0.1) is 0 Å². The van der Waals surface area contributed by atoms with Gasteiger partial charge in [0.1, 0.15) is 11.7 Å². The maximum absolute atomic E-state index is 11.5. The van der Waals surface area contributed by atoms with Gasteiger partial charge in [-0.05, 0) is 24.1 Å². The van der Waals surface area contributed by atoms with Crippen LogP contribution in [0.15, 0.2) is 24.3 Å². The van der Waals surface area contributed by atoms with Gasteiger partial charge in [-0.2, -0.15) is 0 Å². The van der Waals surface area contributed by atoms with Gasteiger partial charge in [0.05, 0.1) is 6.61 Å². The number of amides is 1. The number of carboxylic acid groups (broad SMARTS) is 1. The Hall–Kier alpha value is -2.04. The Labute approximate surface area is 111 Å². The van der Waals surface area contributed by atoms with Gasteiger partial charge < -0.3 is 15.2 Å². The highest BCUT2D eigenvalue weighted by Gasteiger charge is 2.40. The molecular weight excluding hydrogens is 246 g/mol. The lowest BCUT2D eigenvalue weighted by Gasteiger charge is -2.14. The molecule has 1 aliphatic rings. The van der Waals surface area contributed by atoms with E-state index in [1.165, 1.54) is 0 Å². The van der Waals surface area contributed by atoms with Crippen molar-refractivity contribution in [2.45, 2.75) is 19.3 Å². The molecule has 2 atom stereocenters. The van der Waals surface area contributed by atoms with Gasteiger partial charge in [0.15, 0.2) is 0 Å². The molecule has 2 rings (SSSR count). The van der Waals surface area contributed by atoms with Crippen molar-refractivity contribution in [2.24, 2.45) is 5.92 Å². The number of carbonyl (C=O) groups excluding carboxylic acids is 1. The summed E-state index contributed by atoms with van der Waals surface area (Å²) in [6.07, 6.45) is 0.934. The molecule has 0 aromatic heterocycles. The monoisotopic (exact) mass is 263 g/mol. The average molecular weight is 263 g/mol. The van der Waals surface area contributed by atoms with E-state index >= 15 is 0 Å². The lowest BCUT2D eigenvalue weighted by molar-refractivity contribution is -0.145. The van der Waals surface area contributed by atoms with Crippen LogP contribution < -0.4 is 10.1 Å². The fourth-order valence-corrected chi connectivity index (χ4v) is 2.25. The molecule has 102 valence electrons. The van der Waals surface area contributed by atoms with Crippen molar-refractivity contribution in [3.63, 3.8) is 0 Å². The van der Waals surface area contributed by atoms with E-state index in [1.54, 1.807) is 0 Å². The average Bonchev–Trinajstić information content (AvgIpc) is 2.79. The molecule has 19 heavy (non-hydrogen) atoms. The van der Waals surface area contributed by atoms with E-state index in [4.69, 9.17) is 9.84 Å². The number of nitrogens with one attached hydrogen (secondary N) is 1. The van der Waals surface area contributed by atoms with Crippen molar-refractivity contribution in [1.29, 1.82) is 0 Å². The molecule has 2 N–H and O–H groups in total. The third-order valence-corrected chi connectivity index (χ3v) is 3.23. The van der Waals surface area contributed by atoms with Crippen molar-refractivity contribution in [1.82, 2.24) is 5.32 Å². The molecule has 1 aromatic carbocycles. The zero-order valence-corrected chi connectivity index (χ0v) is 10.8. The van der Waals surface area contributed by atoms with E-state index in [9.17, 15) is 9.59 Å². The summed E-state index contributed by atoms with van der Waals surface area (Å²) in [5.74, 6) is -2.04. The Morgan fingerprint density at radius 1 is 1.42 bits per heavy atom. The Morgan fingerprint density at radius 3 is 2.68 bits per heavy atom. The Kier molecular flexibility index (Phi) is 4.04. The van der Waals surface area contributed by atoms with Gasteiger partial charge in [-0.1, -0.05) is 19.1 Å². The van der Waals surface area contributed by atoms with Gasteiger partial charge in [0.2, 0.25) is 5.91 Å². The van der Waals surface area contributed by atoms with Crippen LogP contribution in [0.2, 0.25) is 0 Å².